The molecule has 0 radical (unpaired) electrons. The number of fused-ring (bicyclic) bond motifs is 1. The first-order valence-corrected chi connectivity index (χ1v) is 8.24. The third kappa shape index (κ3) is 4.82. The molecule has 0 saturated heterocycles. The molecule has 1 aromatic rings. The van der Waals surface area contributed by atoms with Gasteiger partial charge in [-0.3, -0.25) is 4.79 Å². The van der Waals surface area contributed by atoms with Crippen LogP contribution in [0.2, 0.25) is 0 Å². The molecule has 1 atom stereocenters. The van der Waals surface area contributed by atoms with Gasteiger partial charge in [-0.05, 0) is 43.3 Å². The minimum atomic E-state index is -0.286. The van der Waals surface area contributed by atoms with Crippen LogP contribution in [0.25, 0.3) is 0 Å². The molecule has 6 heteroatoms. The maximum atomic E-state index is 11.4. The van der Waals surface area contributed by atoms with E-state index in [1.54, 1.807) is 11.8 Å². The van der Waals surface area contributed by atoms with E-state index < -0.39 is 0 Å². The van der Waals surface area contributed by atoms with Gasteiger partial charge in [-0.1, -0.05) is 6.92 Å². The average Bonchev–Trinajstić information content (AvgIpc) is 2.50. The molecular weight excluding hydrogens is 288 g/mol. The van der Waals surface area contributed by atoms with Gasteiger partial charge in [0.25, 0.3) is 0 Å². The molecule has 1 unspecified atom stereocenters. The number of thioether (sulfide) groups is 1. The van der Waals surface area contributed by atoms with Crippen LogP contribution in [-0.2, 0) is 4.79 Å². The number of nitrogens with one attached hydrogen (secondary N) is 1. The van der Waals surface area contributed by atoms with Crippen molar-refractivity contribution in [2.45, 2.75) is 30.7 Å². The molecule has 0 aromatic heterocycles. The number of ether oxygens (including phenoxy) is 2. The van der Waals surface area contributed by atoms with Crippen LogP contribution in [-0.4, -0.2) is 37.5 Å². The van der Waals surface area contributed by atoms with E-state index in [-0.39, 0.29) is 11.9 Å². The highest BCUT2D eigenvalue weighted by atomic mass is 32.2. The second-order valence-corrected chi connectivity index (χ2v) is 6.02. The monoisotopic (exact) mass is 310 g/mol. The second kappa shape index (κ2) is 8.14. The van der Waals surface area contributed by atoms with Crippen molar-refractivity contribution < 1.29 is 14.3 Å². The number of nitrogens with two attached hydrogens (primary N) is 1. The van der Waals surface area contributed by atoms with Gasteiger partial charge in [0, 0.05) is 4.90 Å². The highest BCUT2D eigenvalue weighted by molar-refractivity contribution is 7.99. The van der Waals surface area contributed by atoms with Gasteiger partial charge in [-0.2, -0.15) is 0 Å². The predicted molar refractivity (Wildman–Crippen MR) is 84.0 cm³/mol. The molecule has 0 aliphatic carbocycles. The Balaban J connectivity index is 1.83. The lowest BCUT2D eigenvalue weighted by Gasteiger charge is -2.19. The standard InChI is InChI=1S/C15H22N2O3S/c1-2-6-17-12(15(16)18)5-9-21-11-3-4-13-14(10-11)20-8-7-19-13/h3-4,10,12,17H,2,5-9H2,1H3,(H2,16,18). The summed E-state index contributed by atoms with van der Waals surface area (Å²) in [7, 11) is 0. The first kappa shape index (κ1) is 16.0. The largest absolute Gasteiger partial charge is 0.486 e. The topological polar surface area (TPSA) is 73.6 Å². The fraction of sp³-hybridized carbons (Fsp3) is 0.533. The third-order valence-electron chi connectivity index (χ3n) is 3.17. The molecule has 1 aliphatic rings. The summed E-state index contributed by atoms with van der Waals surface area (Å²) < 4.78 is 11.0. The van der Waals surface area contributed by atoms with Crippen LogP contribution in [0.4, 0.5) is 0 Å². The molecule has 2 rings (SSSR count). The van der Waals surface area contributed by atoms with Gasteiger partial charge < -0.3 is 20.5 Å². The summed E-state index contributed by atoms with van der Waals surface area (Å²) in [5, 5.41) is 3.17. The first-order chi connectivity index (χ1) is 10.2. The van der Waals surface area contributed by atoms with Gasteiger partial charge in [-0.15, -0.1) is 11.8 Å². The van der Waals surface area contributed by atoms with E-state index in [4.69, 9.17) is 15.2 Å². The smallest absolute Gasteiger partial charge is 0.234 e. The first-order valence-electron chi connectivity index (χ1n) is 7.26. The maximum absolute atomic E-state index is 11.4. The number of carbonyl (C=O) groups excluding carboxylic acids is 1. The lowest BCUT2D eigenvalue weighted by molar-refractivity contribution is -0.120. The maximum Gasteiger partial charge on any atom is 0.234 e. The van der Waals surface area contributed by atoms with Gasteiger partial charge in [-0.25, -0.2) is 0 Å². The fourth-order valence-electron chi connectivity index (χ4n) is 2.07. The van der Waals surface area contributed by atoms with Crippen LogP contribution in [0, 0.1) is 0 Å². The molecule has 0 fully saturated rings. The third-order valence-corrected chi connectivity index (χ3v) is 4.20. The Kier molecular flexibility index (Phi) is 6.20. The van der Waals surface area contributed by atoms with Gasteiger partial charge in [0.05, 0.1) is 6.04 Å². The molecule has 1 amide bonds. The van der Waals surface area contributed by atoms with E-state index in [2.05, 4.69) is 12.2 Å². The van der Waals surface area contributed by atoms with E-state index in [0.29, 0.717) is 19.6 Å². The van der Waals surface area contributed by atoms with Crippen molar-refractivity contribution in [3.8, 4) is 11.5 Å². The van der Waals surface area contributed by atoms with E-state index in [0.717, 1.165) is 35.1 Å². The summed E-state index contributed by atoms with van der Waals surface area (Å²) in [5.74, 6) is 2.13. The van der Waals surface area contributed by atoms with Crippen molar-refractivity contribution >= 4 is 17.7 Å². The summed E-state index contributed by atoms with van der Waals surface area (Å²) in [6.45, 7) is 4.06. The van der Waals surface area contributed by atoms with E-state index in [9.17, 15) is 4.79 Å². The Hall–Kier alpha value is -1.40. The fourth-order valence-corrected chi connectivity index (χ4v) is 3.02. The van der Waals surface area contributed by atoms with Gasteiger partial charge in [0.1, 0.15) is 13.2 Å². The summed E-state index contributed by atoms with van der Waals surface area (Å²) in [5.41, 5.74) is 5.40. The van der Waals surface area contributed by atoms with Crippen LogP contribution in [0.1, 0.15) is 19.8 Å². The van der Waals surface area contributed by atoms with Crippen molar-refractivity contribution in [2.24, 2.45) is 5.73 Å². The molecule has 0 saturated carbocycles. The molecule has 0 bridgehead atoms. The lowest BCUT2D eigenvalue weighted by Crippen LogP contribution is -2.41. The normalized spacial score (nSPS) is 14.7. The van der Waals surface area contributed by atoms with Crippen LogP contribution >= 0.6 is 11.8 Å². The van der Waals surface area contributed by atoms with Gasteiger partial charge >= 0.3 is 0 Å². The van der Waals surface area contributed by atoms with Crippen molar-refractivity contribution in [1.29, 1.82) is 0 Å². The lowest BCUT2D eigenvalue weighted by atomic mass is 10.2. The van der Waals surface area contributed by atoms with Crippen LogP contribution in [0.5, 0.6) is 11.5 Å². The summed E-state index contributed by atoms with van der Waals surface area (Å²) in [6, 6.07) is 5.67. The molecule has 1 aliphatic heterocycles. The zero-order chi connectivity index (χ0) is 15.1. The number of hydrogen-bond acceptors (Lipinski definition) is 5. The Bertz CT molecular complexity index is 482. The molecule has 21 heavy (non-hydrogen) atoms. The highest BCUT2D eigenvalue weighted by Gasteiger charge is 2.15. The number of rotatable bonds is 8. The van der Waals surface area contributed by atoms with Gasteiger partial charge in [0.2, 0.25) is 5.91 Å². The van der Waals surface area contributed by atoms with Crippen LogP contribution in [0.15, 0.2) is 23.1 Å². The minimum Gasteiger partial charge on any atom is -0.486 e. The van der Waals surface area contributed by atoms with E-state index in [1.165, 1.54) is 0 Å². The summed E-state index contributed by atoms with van der Waals surface area (Å²) in [6.07, 6.45) is 1.70. The number of hydrogen-bond donors (Lipinski definition) is 2. The zero-order valence-corrected chi connectivity index (χ0v) is 13.1. The molecule has 3 N–H and O–H groups in total. The molecule has 5 nitrogen and oxygen atoms in total. The highest BCUT2D eigenvalue weighted by Crippen LogP contribution is 2.34. The van der Waals surface area contributed by atoms with Crippen LogP contribution in [0.3, 0.4) is 0 Å². The SMILES string of the molecule is CCCNC(CCSc1ccc2c(c1)OCCO2)C(N)=O. The Morgan fingerprint density at radius 1 is 1.38 bits per heavy atom. The van der Waals surface area contributed by atoms with Crippen molar-refractivity contribution in [3.63, 3.8) is 0 Å². The molecule has 116 valence electrons. The van der Waals surface area contributed by atoms with Crippen molar-refractivity contribution in [2.75, 3.05) is 25.5 Å². The van der Waals surface area contributed by atoms with Crippen molar-refractivity contribution in [3.05, 3.63) is 18.2 Å². The Morgan fingerprint density at radius 3 is 2.86 bits per heavy atom. The number of amides is 1. The number of carbonyl (C=O) groups is 1. The van der Waals surface area contributed by atoms with Crippen molar-refractivity contribution in [1.82, 2.24) is 5.32 Å². The second-order valence-electron chi connectivity index (χ2n) is 4.85. The summed E-state index contributed by atoms with van der Waals surface area (Å²) in [4.78, 5) is 12.5. The van der Waals surface area contributed by atoms with E-state index >= 15 is 0 Å². The van der Waals surface area contributed by atoms with E-state index in [1.807, 2.05) is 18.2 Å². The summed E-state index contributed by atoms with van der Waals surface area (Å²) >= 11 is 1.69. The molecule has 0 spiro atoms. The molecule has 1 aromatic carbocycles. The molecule has 1 heterocycles. The Morgan fingerprint density at radius 2 is 2.14 bits per heavy atom. The van der Waals surface area contributed by atoms with Crippen LogP contribution < -0.4 is 20.5 Å². The number of benzene rings is 1. The van der Waals surface area contributed by atoms with Gasteiger partial charge in [0.15, 0.2) is 11.5 Å². The number of primary amides is 1. The quantitative estimate of drug-likeness (QED) is 0.716. The predicted octanol–water partition coefficient (Wildman–Crippen LogP) is 1.79. The Labute approximate surface area is 129 Å². The average molecular weight is 310 g/mol. The minimum absolute atomic E-state index is 0.255. The molecular formula is C15H22N2O3S. The zero-order valence-electron chi connectivity index (χ0n) is 12.3.